The SMILES string of the molecule is CC=C(CCC(C)C1CCC2=C3C(O)CC4CC(O)CCC4(C)C3CCC21C)C(C)C. The highest BCUT2D eigenvalue weighted by Crippen LogP contribution is 2.65. The summed E-state index contributed by atoms with van der Waals surface area (Å²) >= 11 is 0. The lowest BCUT2D eigenvalue weighted by molar-refractivity contribution is -0.0664. The Morgan fingerprint density at radius 3 is 2.48 bits per heavy atom. The van der Waals surface area contributed by atoms with Crippen LogP contribution in [0.2, 0.25) is 0 Å². The van der Waals surface area contributed by atoms with E-state index >= 15 is 0 Å². The summed E-state index contributed by atoms with van der Waals surface area (Å²) in [5.74, 6) is 3.18. The van der Waals surface area contributed by atoms with Crippen molar-refractivity contribution in [3.05, 3.63) is 22.8 Å². The second kappa shape index (κ2) is 8.64. The Kier molecular flexibility index (Phi) is 6.56. The summed E-state index contributed by atoms with van der Waals surface area (Å²) in [6.45, 7) is 14.4. The maximum Gasteiger partial charge on any atom is 0.0758 e. The van der Waals surface area contributed by atoms with Gasteiger partial charge in [0.2, 0.25) is 0 Å². The molecule has 4 aliphatic carbocycles. The molecule has 2 N–H and O–H groups in total. The molecule has 0 saturated heterocycles. The van der Waals surface area contributed by atoms with Crippen LogP contribution in [0.15, 0.2) is 22.8 Å². The Balaban J connectivity index is 1.57. The summed E-state index contributed by atoms with van der Waals surface area (Å²) in [7, 11) is 0. The molecule has 0 aliphatic heterocycles. The van der Waals surface area contributed by atoms with Crippen LogP contribution in [0.1, 0.15) is 106 Å². The van der Waals surface area contributed by atoms with Gasteiger partial charge in [-0.05, 0) is 117 Å². The summed E-state index contributed by atoms with van der Waals surface area (Å²) in [6, 6.07) is 0. The summed E-state index contributed by atoms with van der Waals surface area (Å²) < 4.78 is 0. The summed E-state index contributed by atoms with van der Waals surface area (Å²) in [5.41, 5.74) is 5.31. The molecule has 0 aromatic carbocycles. The molecule has 3 fully saturated rings. The molecule has 3 saturated carbocycles. The van der Waals surface area contributed by atoms with Crippen molar-refractivity contribution >= 4 is 0 Å². The zero-order chi connectivity index (χ0) is 22.6. The van der Waals surface area contributed by atoms with Crippen LogP contribution in [0.5, 0.6) is 0 Å². The quantitative estimate of drug-likeness (QED) is 0.460. The number of hydrogen-bond donors (Lipinski definition) is 2. The highest BCUT2D eigenvalue weighted by atomic mass is 16.3. The number of allylic oxidation sites excluding steroid dienone is 3. The van der Waals surface area contributed by atoms with E-state index in [1.165, 1.54) is 44.1 Å². The van der Waals surface area contributed by atoms with E-state index in [9.17, 15) is 10.2 Å². The minimum atomic E-state index is -0.271. The first-order valence-electron chi connectivity index (χ1n) is 13.4. The van der Waals surface area contributed by atoms with Crippen LogP contribution in [-0.2, 0) is 0 Å². The Morgan fingerprint density at radius 1 is 1.06 bits per heavy atom. The van der Waals surface area contributed by atoms with Gasteiger partial charge in [0.25, 0.3) is 0 Å². The van der Waals surface area contributed by atoms with Gasteiger partial charge in [-0.25, -0.2) is 0 Å². The van der Waals surface area contributed by atoms with Crippen molar-refractivity contribution in [2.45, 2.75) is 118 Å². The Bertz CT molecular complexity index is 733. The molecule has 0 aromatic rings. The first-order valence-corrected chi connectivity index (χ1v) is 13.4. The molecule has 0 amide bonds. The second-order valence-corrected chi connectivity index (χ2v) is 12.5. The third kappa shape index (κ3) is 3.88. The van der Waals surface area contributed by atoms with Gasteiger partial charge < -0.3 is 10.2 Å². The molecule has 0 heterocycles. The molecule has 4 aliphatic rings. The van der Waals surface area contributed by atoms with E-state index in [0.29, 0.717) is 17.8 Å². The topological polar surface area (TPSA) is 40.5 Å². The molecule has 176 valence electrons. The number of fused-ring (bicyclic) bond motifs is 4. The van der Waals surface area contributed by atoms with Crippen LogP contribution in [0.25, 0.3) is 0 Å². The highest BCUT2D eigenvalue weighted by Gasteiger charge is 2.57. The van der Waals surface area contributed by atoms with E-state index in [4.69, 9.17) is 0 Å². The fourth-order valence-corrected chi connectivity index (χ4v) is 8.76. The van der Waals surface area contributed by atoms with E-state index in [1.807, 2.05) is 0 Å². The minimum absolute atomic E-state index is 0.155. The van der Waals surface area contributed by atoms with Gasteiger partial charge in [0.05, 0.1) is 12.2 Å². The van der Waals surface area contributed by atoms with Crippen LogP contribution >= 0.6 is 0 Å². The van der Waals surface area contributed by atoms with Crippen LogP contribution in [0, 0.1) is 40.4 Å². The summed E-state index contributed by atoms with van der Waals surface area (Å²) in [4.78, 5) is 0. The van der Waals surface area contributed by atoms with Crippen LogP contribution < -0.4 is 0 Å². The zero-order valence-corrected chi connectivity index (χ0v) is 21.1. The van der Waals surface area contributed by atoms with E-state index in [0.717, 1.165) is 37.5 Å². The van der Waals surface area contributed by atoms with E-state index in [2.05, 4.69) is 47.6 Å². The maximum absolute atomic E-state index is 11.4. The van der Waals surface area contributed by atoms with Crippen molar-refractivity contribution in [2.75, 3.05) is 0 Å². The normalized spacial score (nSPS) is 44.2. The Labute approximate surface area is 191 Å². The zero-order valence-electron chi connectivity index (χ0n) is 21.1. The van der Waals surface area contributed by atoms with Crippen LogP contribution in [-0.4, -0.2) is 22.4 Å². The largest absolute Gasteiger partial charge is 0.393 e. The number of aliphatic hydroxyl groups excluding tert-OH is 2. The molecule has 0 bridgehead atoms. The smallest absolute Gasteiger partial charge is 0.0758 e. The Hall–Kier alpha value is -0.600. The molecule has 8 atom stereocenters. The van der Waals surface area contributed by atoms with Crippen LogP contribution in [0.3, 0.4) is 0 Å². The van der Waals surface area contributed by atoms with Crippen molar-refractivity contribution in [1.29, 1.82) is 0 Å². The van der Waals surface area contributed by atoms with Gasteiger partial charge in [0.15, 0.2) is 0 Å². The Morgan fingerprint density at radius 2 is 1.81 bits per heavy atom. The average Bonchev–Trinajstić information content (AvgIpc) is 3.06. The van der Waals surface area contributed by atoms with Crippen molar-refractivity contribution in [1.82, 2.24) is 0 Å². The van der Waals surface area contributed by atoms with Crippen molar-refractivity contribution < 1.29 is 10.2 Å². The third-order valence-corrected chi connectivity index (χ3v) is 10.7. The monoisotopic (exact) mass is 428 g/mol. The molecule has 0 spiro atoms. The molecule has 2 nitrogen and oxygen atoms in total. The van der Waals surface area contributed by atoms with Gasteiger partial charge in [0, 0.05) is 0 Å². The lowest BCUT2D eigenvalue weighted by Crippen LogP contribution is -2.52. The molecule has 31 heavy (non-hydrogen) atoms. The van der Waals surface area contributed by atoms with Gasteiger partial charge in [-0.3, -0.25) is 0 Å². The average molecular weight is 429 g/mol. The fourth-order valence-electron chi connectivity index (χ4n) is 8.76. The molecular formula is C29H48O2. The predicted molar refractivity (Wildman–Crippen MR) is 130 cm³/mol. The molecule has 0 radical (unpaired) electrons. The summed E-state index contributed by atoms with van der Waals surface area (Å²) in [6.07, 6.45) is 13.3. The predicted octanol–water partition coefficient (Wildman–Crippen LogP) is 7.06. The van der Waals surface area contributed by atoms with Crippen molar-refractivity contribution in [3.63, 3.8) is 0 Å². The number of hydrogen-bond acceptors (Lipinski definition) is 2. The van der Waals surface area contributed by atoms with Gasteiger partial charge >= 0.3 is 0 Å². The summed E-state index contributed by atoms with van der Waals surface area (Å²) in [5, 5.41) is 21.6. The first kappa shape index (κ1) is 23.6. The molecule has 4 rings (SSSR count). The fraction of sp³-hybridized carbons (Fsp3) is 0.862. The van der Waals surface area contributed by atoms with E-state index in [1.54, 1.807) is 11.1 Å². The molecule has 0 aromatic heterocycles. The standard InChI is InChI=1S/C29H48O2/c1-7-20(18(2)3)9-8-19(4)23-10-11-24-27-25(13-15-29(23,24)6)28(5)14-12-22(30)16-21(28)17-26(27)31/h7,18-19,21-23,25-26,30-31H,8-17H2,1-6H3. The first-order chi connectivity index (χ1) is 14.6. The lowest BCUT2D eigenvalue weighted by Gasteiger charge is -2.58. The van der Waals surface area contributed by atoms with Crippen molar-refractivity contribution in [3.8, 4) is 0 Å². The number of rotatable bonds is 5. The van der Waals surface area contributed by atoms with Crippen molar-refractivity contribution in [2.24, 2.45) is 40.4 Å². The molecule has 2 heteroatoms. The molecule has 8 unspecified atom stereocenters. The number of aliphatic hydroxyl groups is 2. The van der Waals surface area contributed by atoms with Gasteiger partial charge in [0.1, 0.15) is 0 Å². The van der Waals surface area contributed by atoms with Crippen LogP contribution in [0.4, 0.5) is 0 Å². The van der Waals surface area contributed by atoms with E-state index in [-0.39, 0.29) is 23.0 Å². The van der Waals surface area contributed by atoms with Gasteiger partial charge in [-0.2, -0.15) is 0 Å². The lowest BCUT2D eigenvalue weighted by atomic mass is 9.48. The molecular weight excluding hydrogens is 380 g/mol. The maximum atomic E-state index is 11.4. The third-order valence-electron chi connectivity index (χ3n) is 10.7. The second-order valence-electron chi connectivity index (χ2n) is 12.5. The van der Waals surface area contributed by atoms with Gasteiger partial charge in [-0.15, -0.1) is 0 Å². The van der Waals surface area contributed by atoms with Gasteiger partial charge in [-0.1, -0.05) is 51.8 Å². The highest BCUT2D eigenvalue weighted by molar-refractivity contribution is 5.37. The minimum Gasteiger partial charge on any atom is -0.393 e. The van der Waals surface area contributed by atoms with E-state index < -0.39 is 0 Å².